The van der Waals surface area contributed by atoms with E-state index in [-0.39, 0.29) is 0 Å². The molecule has 0 radical (unpaired) electrons. The maximum atomic E-state index is 6.00. The van der Waals surface area contributed by atoms with E-state index in [1.807, 2.05) is 0 Å². The Morgan fingerprint density at radius 3 is 2.80 bits per heavy atom. The van der Waals surface area contributed by atoms with Gasteiger partial charge in [0.1, 0.15) is 10.6 Å². The van der Waals surface area contributed by atoms with E-state index in [0.29, 0.717) is 5.28 Å². The van der Waals surface area contributed by atoms with E-state index in [1.165, 1.54) is 11.3 Å². The molecular weight excluding hydrogens is 292 g/mol. The number of hydrogen-bond acceptors (Lipinski definition) is 5. The van der Waals surface area contributed by atoms with Crippen molar-refractivity contribution >= 4 is 39.0 Å². The maximum Gasteiger partial charge on any atom is 0.225 e. The lowest BCUT2D eigenvalue weighted by Gasteiger charge is -2.10. The van der Waals surface area contributed by atoms with Crippen molar-refractivity contribution in [3.05, 3.63) is 16.2 Å². The molecule has 0 bridgehead atoms. The Bertz CT molecular complexity index is 568. The largest absolute Gasteiger partial charge is 0.369 e. The summed E-state index contributed by atoms with van der Waals surface area (Å²) in [5, 5.41) is 4.80. The summed E-state index contributed by atoms with van der Waals surface area (Å²) >= 11 is 7.69. The molecule has 0 aliphatic heterocycles. The summed E-state index contributed by atoms with van der Waals surface area (Å²) in [6, 6.07) is 2.17. The Morgan fingerprint density at radius 1 is 1.30 bits per heavy atom. The fraction of sp³-hybridized carbons (Fsp3) is 0.571. The van der Waals surface area contributed by atoms with E-state index < -0.39 is 0 Å². The number of aryl methyl sites for hydroxylation is 1. The highest BCUT2D eigenvalue weighted by Gasteiger charge is 2.10. The monoisotopic (exact) mass is 312 g/mol. The number of anilines is 1. The first-order valence-electron chi connectivity index (χ1n) is 6.94. The minimum Gasteiger partial charge on any atom is -0.369 e. The molecule has 6 heteroatoms. The van der Waals surface area contributed by atoms with Crippen molar-refractivity contribution in [3.8, 4) is 0 Å². The van der Waals surface area contributed by atoms with Crippen LogP contribution in [0.25, 0.3) is 10.2 Å². The average Bonchev–Trinajstić information content (AvgIpc) is 2.80. The van der Waals surface area contributed by atoms with Gasteiger partial charge in [-0.3, -0.25) is 0 Å². The van der Waals surface area contributed by atoms with E-state index in [2.05, 4.69) is 47.3 Å². The van der Waals surface area contributed by atoms with Gasteiger partial charge in [-0.25, -0.2) is 9.97 Å². The quantitative estimate of drug-likeness (QED) is 0.626. The standard InChI is InChI=1S/C14H21ClN4S/c1-4-10-9-11-12(16-7-5-6-8-19(2)3)17-14(15)18-13(11)20-10/h9H,4-8H2,1-3H3,(H,16,17,18). The summed E-state index contributed by atoms with van der Waals surface area (Å²) in [4.78, 5) is 13.1. The van der Waals surface area contributed by atoms with E-state index >= 15 is 0 Å². The van der Waals surface area contributed by atoms with Crippen LogP contribution < -0.4 is 5.32 Å². The molecule has 0 fully saturated rings. The molecule has 0 aliphatic carbocycles. The van der Waals surface area contributed by atoms with Gasteiger partial charge in [0.2, 0.25) is 5.28 Å². The average molecular weight is 313 g/mol. The summed E-state index contributed by atoms with van der Waals surface area (Å²) in [5.41, 5.74) is 0. The normalized spacial score (nSPS) is 11.4. The van der Waals surface area contributed by atoms with Gasteiger partial charge in [0, 0.05) is 11.4 Å². The van der Waals surface area contributed by atoms with Crippen molar-refractivity contribution < 1.29 is 0 Å². The minimum atomic E-state index is 0.317. The Kier molecular flexibility index (Phi) is 5.57. The molecule has 0 unspecified atom stereocenters. The molecule has 0 aliphatic rings. The fourth-order valence-electron chi connectivity index (χ4n) is 2.01. The molecular formula is C14H21ClN4S. The van der Waals surface area contributed by atoms with Crippen molar-refractivity contribution in [2.75, 3.05) is 32.5 Å². The van der Waals surface area contributed by atoms with Gasteiger partial charge < -0.3 is 10.2 Å². The number of nitrogens with one attached hydrogen (secondary N) is 1. The van der Waals surface area contributed by atoms with Gasteiger partial charge in [0.25, 0.3) is 0 Å². The van der Waals surface area contributed by atoms with Gasteiger partial charge >= 0.3 is 0 Å². The summed E-state index contributed by atoms with van der Waals surface area (Å²) in [7, 11) is 4.19. The topological polar surface area (TPSA) is 41.0 Å². The predicted octanol–water partition coefficient (Wildman–Crippen LogP) is 3.66. The smallest absolute Gasteiger partial charge is 0.225 e. The molecule has 2 heterocycles. The number of fused-ring (bicyclic) bond motifs is 1. The summed E-state index contributed by atoms with van der Waals surface area (Å²) in [6.45, 7) is 4.17. The van der Waals surface area contributed by atoms with Crippen LogP contribution in [0.5, 0.6) is 0 Å². The second kappa shape index (κ2) is 7.20. The Morgan fingerprint density at radius 2 is 2.10 bits per heavy atom. The molecule has 0 saturated heterocycles. The van der Waals surface area contributed by atoms with Gasteiger partial charge in [-0.1, -0.05) is 6.92 Å². The van der Waals surface area contributed by atoms with Crippen molar-refractivity contribution in [1.29, 1.82) is 0 Å². The SMILES string of the molecule is CCc1cc2c(NCCCCN(C)C)nc(Cl)nc2s1. The number of rotatable bonds is 7. The number of halogens is 1. The van der Waals surface area contributed by atoms with E-state index in [9.17, 15) is 0 Å². The van der Waals surface area contributed by atoms with Gasteiger partial charge in [0.15, 0.2) is 0 Å². The highest BCUT2D eigenvalue weighted by Crippen LogP contribution is 2.30. The molecule has 0 spiro atoms. The molecule has 2 aromatic rings. The van der Waals surface area contributed by atoms with Crippen LogP contribution in [-0.2, 0) is 6.42 Å². The lowest BCUT2D eigenvalue weighted by Crippen LogP contribution is -2.14. The third-order valence-electron chi connectivity index (χ3n) is 3.09. The van der Waals surface area contributed by atoms with Gasteiger partial charge in [-0.2, -0.15) is 0 Å². The third kappa shape index (κ3) is 4.04. The van der Waals surface area contributed by atoms with Crippen molar-refractivity contribution in [2.45, 2.75) is 26.2 Å². The first-order chi connectivity index (χ1) is 9.60. The lowest BCUT2D eigenvalue weighted by atomic mass is 10.3. The second-order valence-corrected chi connectivity index (χ2v) is 6.52. The molecule has 110 valence electrons. The number of nitrogens with zero attached hydrogens (tertiary/aromatic N) is 3. The molecule has 1 N–H and O–H groups in total. The molecule has 20 heavy (non-hydrogen) atoms. The predicted molar refractivity (Wildman–Crippen MR) is 88.1 cm³/mol. The molecule has 0 aromatic carbocycles. The molecule has 0 saturated carbocycles. The number of thiophene rings is 1. The zero-order valence-corrected chi connectivity index (χ0v) is 13.8. The molecule has 2 aromatic heterocycles. The van der Waals surface area contributed by atoms with Crippen molar-refractivity contribution in [3.63, 3.8) is 0 Å². The van der Waals surface area contributed by atoms with Gasteiger partial charge in [0.05, 0.1) is 5.39 Å². The van der Waals surface area contributed by atoms with Crippen LogP contribution in [0.2, 0.25) is 5.28 Å². The first-order valence-corrected chi connectivity index (χ1v) is 8.14. The minimum absolute atomic E-state index is 0.317. The molecule has 4 nitrogen and oxygen atoms in total. The Labute approximate surface area is 129 Å². The van der Waals surface area contributed by atoms with Gasteiger partial charge in [-0.05, 0) is 57.6 Å². The zero-order valence-electron chi connectivity index (χ0n) is 12.2. The van der Waals surface area contributed by atoms with Crippen LogP contribution in [0, 0.1) is 0 Å². The zero-order chi connectivity index (χ0) is 14.5. The number of unbranched alkanes of at least 4 members (excludes halogenated alkanes) is 1. The number of aromatic nitrogens is 2. The van der Waals surface area contributed by atoms with Crippen LogP contribution in [-0.4, -0.2) is 42.1 Å². The lowest BCUT2D eigenvalue weighted by molar-refractivity contribution is 0.396. The van der Waals surface area contributed by atoms with Crippen LogP contribution in [0.3, 0.4) is 0 Å². The Hall–Kier alpha value is -0.910. The number of hydrogen-bond donors (Lipinski definition) is 1. The summed E-state index contributed by atoms with van der Waals surface area (Å²) in [5.74, 6) is 0.862. The fourth-order valence-corrected chi connectivity index (χ4v) is 3.20. The molecule has 0 atom stereocenters. The third-order valence-corrected chi connectivity index (χ3v) is 4.43. The highest BCUT2D eigenvalue weighted by atomic mass is 35.5. The van der Waals surface area contributed by atoms with E-state index in [4.69, 9.17) is 11.6 Å². The van der Waals surface area contributed by atoms with E-state index in [1.54, 1.807) is 11.3 Å². The van der Waals surface area contributed by atoms with Crippen LogP contribution in [0.15, 0.2) is 6.07 Å². The maximum absolute atomic E-state index is 6.00. The molecule has 2 rings (SSSR count). The van der Waals surface area contributed by atoms with Crippen LogP contribution in [0.1, 0.15) is 24.6 Å². The molecule has 0 amide bonds. The second-order valence-electron chi connectivity index (χ2n) is 5.06. The van der Waals surface area contributed by atoms with Gasteiger partial charge in [-0.15, -0.1) is 11.3 Å². The van der Waals surface area contributed by atoms with E-state index in [0.717, 1.165) is 42.0 Å². The van der Waals surface area contributed by atoms with Crippen molar-refractivity contribution in [1.82, 2.24) is 14.9 Å². The van der Waals surface area contributed by atoms with Crippen LogP contribution in [0.4, 0.5) is 5.82 Å². The summed E-state index contributed by atoms with van der Waals surface area (Å²) < 4.78 is 0. The summed E-state index contributed by atoms with van der Waals surface area (Å²) in [6.07, 6.45) is 3.30. The Balaban J connectivity index is 2.03. The van der Waals surface area contributed by atoms with Crippen LogP contribution >= 0.6 is 22.9 Å². The van der Waals surface area contributed by atoms with Crippen molar-refractivity contribution in [2.24, 2.45) is 0 Å². The highest BCUT2D eigenvalue weighted by molar-refractivity contribution is 7.18. The first kappa shape index (κ1) is 15.5.